The van der Waals surface area contributed by atoms with Crippen molar-refractivity contribution in [2.45, 2.75) is 63.5 Å². The average molecular weight is 352 g/mol. The molecule has 0 aromatic rings. The summed E-state index contributed by atoms with van der Waals surface area (Å²) >= 11 is 0. The Kier molecular flexibility index (Phi) is 7.14. The van der Waals surface area contributed by atoms with Crippen molar-refractivity contribution in [2.24, 2.45) is 11.8 Å². The summed E-state index contributed by atoms with van der Waals surface area (Å²) in [6.45, 7) is 5.34. The molecule has 4 atom stereocenters. The molecule has 5 heteroatoms. The van der Waals surface area contributed by atoms with Crippen LogP contribution in [0.25, 0.3) is 0 Å². The van der Waals surface area contributed by atoms with E-state index in [2.05, 4.69) is 22.2 Å². The Labute approximate surface area is 153 Å². The van der Waals surface area contributed by atoms with Crippen LogP contribution >= 0.6 is 0 Å². The summed E-state index contributed by atoms with van der Waals surface area (Å²) in [6.07, 6.45) is 9.29. The molecule has 5 nitrogen and oxygen atoms in total. The molecular weight excluding hydrogens is 314 g/mol. The Hall–Kier alpha value is -0.650. The number of hydrogen-bond acceptors (Lipinski definition) is 4. The molecule has 3 saturated heterocycles. The Morgan fingerprint density at radius 2 is 2.00 bits per heavy atom. The van der Waals surface area contributed by atoms with Gasteiger partial charge in [-0.15, -0.1) is 0 Å². The van der Waals surface area contributed by atoms with E-state index in [9.17, 15) is 4.79 Å². The Morgan fingerprint density at radius 1 is 1.20 bits per heavy atom. The SMILES string of the molecule is COCCCNC(=O)CCC[C@@H]1[C@H]2CCCN3CCC[C@@H](CN1C)[C@@H]23. The van der Waals surface area contributed by atoms with Gasteiger partial charge in [0.2, 0.25) is 5.91 Å². The zero-order chi connectivity index (χ0) is 17.6. The molecule has 0 saturated carbocycles. The first-order valence-corrected chi connectivity index (χ1v) is 10.4. The molecular formula is C20H37N3O2. The van der Waals surface area contributed by atoms with Crippen LogP contribution in [0.3, 0.4) is 0 Å². The number of ether oxygens (including phenoxy) is 1. The Bertz CT molecular complexity index is 429. The Morgan fingerprint density at radius 3 is 2.80 bits per heavy atom. The minimum absolute atomic E-state index is 0.204. The van der Waals surface area contributed by atoms with Crippen molar-refractivity contribution in [3.05, 3.63) is 0 Å². The zero-order valence-corrected chi connectivity index (χ0v) is 16.2. The van der Waals surface area contributed by atoms with Gasteiger partial charge in [0.05, 0.1) is 0 Å². The van der Waals surface area contributed by atoms with Crippen molar-refractivity contribution >= 4 is 5.91 Å². The minimum Gasteiger partial charge on any atom is -0.385 e. The normalized spacial score (nSPS) is 33.0. The standard InChI is InChI=1S/C20H37N3O2/c1-22-15-16-7-4-12-23-13-5-8-17(20(16)23)18(22)9-3-10-19(24)21-11-6-14-25-2/h16-18,20H,3-15H2,1-2H3,(H,21,24)/t16-,17+,18+,20-/m0/s1. The van der Waals surface area contributed by atoms with Gasteiger partial charge in [0.15, 0.2) is 0 Å². The van der Waals surface area contributed by atoms with Crippen molar-refractivity contribution in [3.8, 4) is 0 Å². The highest BCUT2D eigenvalue weighted by Gasteiger charge is 2.47. The number of carbonyl (C=O) groups excluding carboxylic acids is 1. The van der Waals surface area contributed by atoms with Crippen LogP contribution in [-0.4, -0.2) is 74.7 Å². The van der Waals surface area contributed by atoms with E-state index in [0.717, 1.165) is 37.3 Å². The summed E-state index contributed by atoms with van der Waals surface area (Å²) in [5.74, 6) is 1.90. The summed E-state index contributed by atoms with van der Waals surface area (Å²) in [6, 6.07) is 1.50. The molecule has 0 spiro atoms. The van der Waals surface area contributed by atoms with Crippen LogP contribution in [0.4, 0.5) is 0 Å². The summed E-state index contributed by atoms with van der Waals surface area (Å²) in [5.41, 5.74) is 0. The van der Waals surface area contributed by atoms with Gasteiger partial charge in [0.1, 0.15) is 0 Å². The van der Waals surface area contributed by atoms with Gasteiger partial charge in [-0.25, -0.2) is 0 Å². The third-order valence-corrected chi connectivity index (χ3v) is 6.68. The lowest BCUT2D eigenvalue weighted by Crippen LogP contribution is -2.63. The van der Waals surface area contributed by atoms with Crippen LogP contribution in [0.2, 0.25) is 0 Å². The van der Waals surface area contributed by atoms with Crippen molar-refractivity contribution < 1.29 is 9.53 Å². The van der Waals surface area contributed by atoms with E-state index < -0.39 is 0 Å². The summed E-state index contributed by atoms with van der Waals surface area (Å²) in [5, 5.41) is 3.01. The average Bonchev–Trinajstić information content (AvgIpc) is 2.61. The van der Waals surface area contributed by atoms with E-state index in [4.69, 9.17) is 4.74 Å². The maximum Gasteiger partial charge on any atom is 0.219 e. The van der Waals surface area contributed by atoms with Crippen LogP contribution in [0, 0.1) is 11.8 Å². The van der Waals surface area contributed by atoms with Crippen molar-refractivity contribution in [2.75, 3.05) is 46.9 Å². The lowest BCUT2D eigenvalue weighted by molar-refractivity contribution is -0.121. The molecule has 3 rings (SSSR count). The van der Waals surface area contributed by atoms with Crippen LogP contribution in [0.1, 0.15) is 51.4 Å². The van der Waals surface area contributed by atoms with Gasteiger partial charge in [0, 0.05) is 45.3 Å². The van der Waals surface area contributed by atoms with E-state index in [1.807, 2.05) is 0 Å². The quantitative estimate of drug-likeness (QED) is 0.681. The monoisotopic (exact) mass is 351 g/mol. The maximum atomic E-state index is 12.0. The molecule has 144 valence electrons. The third kappa shape index (κ3) is 4.75. The number of nitrogens with zero attached hydrogens (tertiary/aromatic N) is 2. The van der Waals surface area contributed by atoms with E-state index in [1.54, 1.807) is 7.11 Å². The molecule has 3 aliphatic heterocycles. The lowest BCUT2D eigenvalue weighted by atomic mass is 9.69. The van der Waals surface area contributed by atoms with Crippen LogP contribution in [0.5, 0.6) is 0 Å². The van der Waals surface area contributed by atoms with E-state index in [-0.39, 0.29) is 5.91 Å². The van der Waals surface area contributed by atoms with E-state index in [0.29, 0.717) is 19.1 Å². The molecule has 3 aliphatic rings. The van der Waals surface area contributed by atoms with Crippen molar-refractivity contribution in [1.29, 1.82) is 0 Å². The Balaban J connectivity index is 1.46. The molecule has 1 amide bonds. The number of hydrogen-bond donors (Lipinski definition) is 1. The fraction of sp³-hybridized carbons (Fsp3) is 0.950. The van der Waals surface area contributed by atoms with Gasteiger partial charge in [-0.1, -0.05) is 0 Å². The fourth-order valence-corrected chi connectivity index (χ4v) is 5.65. The lowest BCUT2D eigenvalue weighted by Gasteiger charge is -2.57. The van der Waals surface area contributed by atoms with E-state index >= 15 is 0 Å². The number of amides is 1. The molecule has 0 aromatic heterocycles. The number of likely N-dealkylation sites (tertiary alicyclic amines) is 1. The first-order valence-electron chi connectivity index (χ1n) is 10.4. The predicted octanol–water partition coefficient (Wildman–Crippen LogP) is 2.11. The minimum atomic E-state index is 0.204. The van der Waals surface area contributed by atoms with Crippen molar-refractivity contribution in [1.82, 2.24) is 15.1 Å². The summed E-state index contributed by atoms with van der Waals surface area (Å²) in [4.78, 5) is 17.4. The molecule has 0 aromatic carbocycles. The predicted molar refractivity (Wildman–Crippen MR) is 101 cm³/mol. The summed E-state index contributed by atoms with van der Waals surface area (Å²) in [7, 11) is 4.02. The number of piperidine rings is 3. The molecule has 25 heavy (non-hydrogen) atoms. The van der Waals surface area contributed by atoms with Gasteiger partial charge in [-0.3, -0.25) is 9.69 Å². The second-order valence-corrected chi connectivity index (χ2v) is 8.33. The molecule has 1 N–H and O–H groups in total. The number of carbonyl (C=O) groups is 1. The number of methoxy groups -OCH3 is 1. The molecule has 0 aliphatic carbocycles. The van der Waals surface area contributed by atoms with Gasteiger partial charge >= 0.3 is 0 Å². The highest BCUT2D eigenvalue weighted by Crippen LogP contribution is 2.42. The van der Waals surface area contributed by atoms with Gasteiger partial charge in [0.25, 0.3) is 0 Å². The molecule has 0 bridgehead atoms. The topological polar surface area (TPSA) is 44.8 Å². The second-order valence-electron chi connectivity index (χ2n) is 8.33. The largest absolute Gasteiger partial charge is 0.385 e. The molecule has 0 radical (unpaired) electrons. The van der Waals surface area contributed by atoms with Crippen LogP contribution in [-0.2, 0) is 9.53 Å². The highest BCUT2D eigenvalue weighted by atomic mass is 16.5. The zero-order valence-electron chi connectivity index (χ0n) is 16.2. The number of nitrogens with one attached hydrogen (secondary N) is 1. The van der Waals surface area contributed by atoms with Crippen molar-refractivity contribution in [3.63, 3.8) is 0 Å². The van der Waals surface area contributed by atoms with Gasteiger partial charge in [-0.05, 0) is 76.9 Å². The third-order valence-electron chi connectivity index (χ3n) is 6.68. The highest BCUT2D eigenvalue weighted by molar-refractivity contribution is 5.75. The van der Waals surface area contributed by atoms with E-state index in [1.165, 1.54) is 51.7 Å². The first-order chi connectivity index (χ1) is 12.2. The summed E-state index contributed by atoms with van der Waals surface area (Å²) < 4.78 is 5.02. The maximum absolute atomic E-state index is 12.0. The first kappa shape index (κ1) is 19.1. The second kappa shape index (κ2) is 9.33. The molecule has 0 unspecified atom stereocenters. The number of rotatable bonds is 8. The van der Waals surface area contributed by atoms with Crippen LogP contribution < -0.4 is 5.32 Å². The van der Waals surface area contributed by atoms with Crippen LogP contribution in [0.15, 0.2) is 0 Å². The van der Waals surface area contributed by atoms with Gasteiger partial charge in [-0.2, -0.15) is 0 Å². The van der Waals surface area contributed by atoms with Gasteiger partial charge < -0.3 is 15.0 Å². The fourth-order valence-electron chi connectivity index (χ4n) is 5.65. The molecule has 3 heterocycles. The molecule has 3 fully saturated rings. The smallest absolute Gasteiger partial charge is 0.219 e.